The van der Waals surface area contributed by atoms with Crippen molar-refractivity contribution in [3.8, 4) is 5.75 Å². The first-order valence-electron chi connectivity index (χ1n) is 10.8. The number of carboxylic acid groups (broad SMARTS) is 1. The topological polar surface area (TPSA) is 66.8 Å². The van der Waals surface area contributed by atoms with E-state index in [4.69, 9.17) is 9.84 Å². The van der Waals surface area contributed by atoms with Crippen LogP contribution in [0.15, 0.2) is 12.1 Å². The zero-order valence-electron chi connectivity index (χ0n) is 19.2. The largest absolute Gasteiger partial charge is 0.493 e. The van der Waals surface area contributed by atoms with Crippen molar-refractivity contribution in [3.63, 3.8) is 0 Å². The summed E-state index contributed by atoms with van der Waals surface area (Å²) in [5, 5.41) is 8.75. The summed E-state index contributed by atoms with van der Waals surface area (Å²) in [4.78, 5) is 24.5. The van der Waals surface area contributed by atoms with Crippen molar-refractivity contribution in [1.29, 1.82) is 0 Å². The molecule has 168 valence electrons. The number of rotatable bonds is 6. The van der Waals surface area contributed by atoms with Crippen molar-refractivity contribution < 1.29 is 23.8 Å². The van der Waals surface area contributed by atoms with Crippen LogP contribution in [0.2, 0.25) is 0 Å². The second-order valence-corrected chi connectivity index (χ2v) is 10.4. The summed E-state index contributed by atoms with van der Waals surface area (Å²) < 4.78 is 20.7. The first-order valence-corrected chi connectivity index (χ1v) is 10.8. The van der Waals surface area contributed by atoms with Crippen molar-refractivity contribution in [2.24, 2.45) is 5.92 Å². The maximum atomic E-state index is 14.4. The molecule has 0 aromatic heterocycles. The highest BCUT2D eigenvalue weighted by Crippen LogP contribution is 2.40. The van der Waals surface area contributed by atoms with Crippen LogP contribution in [-0.4, -0.2) is 41.6 Å². The SMILES string of the molecule is CC(C)(C)c1cc(F)cc(C(C)(C)C)c1OCC1CCN(C(=O)CCC(=O)O)CC1. The molecule has 0 unspecified atom stereocenters. The molecule has 1 heterocycles. The minimum atomic E-state index is -0.949. The number of carbonyl (C=O) groups is 2. The highest BCUT2D eigenvalue weighted by Gasteiger charge is 2.29. The van der Waals surface area contributed by atoms with Gasteiger partial charge < -0.3 is 14.7 Å². The molecule has 0 saturated carbocycles. The van der Waals surface area contributed by atoms with Crippen molar-refractivity contribution in [1.82, 2.24) is 4.90 Å². The molecule has 0 spiro atoms. The van der Waals surface area contributed by atoms with Gasteiger partial charge in [0.15, 0.2) is 0 Å². The first-order chi connectivity index (χ1) is 13.8. The van der Waals surface area contributed by atoms with Crippen molar-refractivity contribution >= 4 is 11.9 Å². The van der Waals surface area contributed by atoms with Crippen LogP contribution in [-0.2, 0) is 20.4 Å². The van der Waals surface area contributed by atoms with Crippen LogP contribution in [0.3, 0.4) is 0 Å². The number of halogens is 1. The first kappa shape index (κ1) is 24.2. The number of hydrogen-bond acceptors (Lipinski definition) is 3. The highest BCUT2D eigenvalue weighted by molar-refractivity contribution is 5.80. The van der Waals surface area contributed by atoms with Gasteiger partial charge in [-0.1, -0.05) is 41.5 Å². The third kappa shape index (κ3) is 6.44. The van der Waals surface area contributed by atoms with Gasteiger partial charge in [-0.25, -0.2) is 4.39 Å². The molecular weight excluding hydrogens is 385 g/mol. The molecular formula is C24H36FNO4. The van der Waals surface area contributed by atoms with Gasteiger partial charge in [0.05, 0.1) is 13.0 Å². The van der Waals surface area contributed by atoms with Crippen LogP contribution < -0.4 is 4.74 Å². The van der Waals surface area contributed by atoms with Gasteiger partial charge in [0, 0.05) is 30.6 Å². The molecule has 1 fully saturated rings. The van der Waals surface area contributed by atoms with Crippen LogP contribution in [0.25, 0.3) is 0 Å². The fraction of sp³-hybridized carbons (Fsp3) is 0.667. The molecule has 1 N–H and O–H groups in total. The van der Waals surface area contributed by atoms with E-state index in [1.54, 1.807) is 17.0 Å². The molecule has 1 aliphatic heterocycles. The van der Waals surface area contributed by atoms with Gasteiger partial charge in [-0.05, 0) is 41.7 Å². The second-order valence-electron chi connectivity index (χ2n) is 10.4. The Kier molecular flexibility index (Phi) is 7.54. The number of carboxylic acids is 1. The standard InChI is InChI=1S/C24H36FNO4/c1-23(2,3)18-13-17(25)14-19(24(4,5)6)22(18)30-15-16-9-11-26(12-10-16)20(27)7-8-21(28)29/h13-14,16H,7-12,15H2,1-6H3,(H,28,29). The Morgan fingerprint density at radius 3 is 1.97 bits per heavy atom. The number of ether oxygens (including phenoxy) is 1. The van der Waals surface area contributed by atoms with E-state index in [0.29, 0.717) is 25.6 Å². The number of aliphatic carboxylic acids is 1. The number of piperidine rings is 1. The summed E-state index contributed by atoms with van der Waals surface area (Å²) in [6.07, 6.45) is 1.55. The van der Waals surface area contributed by atoms with E-state index in [1.165, 1.54) is 0 Å². The van der Waals surface area contributed by atoms with Crippen LogP contribution in [0.4, 0.5) is 4.39 Å². The van der Waals surface area contributed by atoms with Gasteiger partial charge in [-0.3, -0.25) is 9.59 Å². The molecule has 1 amide bonds. The van der Waals surface area contributed by atoms with E-state index < -0.39 is 5.97 Å². The van der Waals surface area contributed by atoms with E-state index in [1.807, 2.05) is 0 Å². The van der Waals surface area contributed by atoms with E-state index >= 15 is 0 Å². The Morgan fingerprint density at radius 2 is 1.53 bits per heavy atom. The Bertz CT molecular complexity index is 733. The fourth-order valence-corrected chi connectivity index (χ4v) is 3.79. The number of carbonyl (C=O) groups excluding carboxylic acids is 1. The molecule has 1 aromatic carbocycles. The maximum absolute atomic E-state index is 14.4. The predicted octanol–water partition coefficient (Wildman–Crippen LogP) is 4.90. The molecule has 30 heavy (non-hydrogen) atoms. The number of amides is 1. The number of hydrogen-bond donors (Lipinski definition) is 1. The summed E-state index contributed by atoms with van der Waals surface area (Å²) in [5.74, 6) is -0.212. The molecule has 1 saturated heterocycles. The van der Waals surface area contributed by atoms with Crippen LogP contribution in [0.1, 0.15) is 78.4 Å². The lowest BCUT2D eigenvalue weighted by molar-refractivity contribution is -0.141. The van der Waals surface area contributed by atoms with Crippen LogP contribution >= 0.6 is 0 Å². The number of nitrogens with zero attached hydrogens (tertiary/aromatic N) is 1. The summed E-state index contributed by atoms with van der Waals surface area (Å²) in [6, 6.07) is 3.16. The van der Waals surface area contributed by atoms with E-state index in [-0.39, 0.29) is 35.4 Å². The monoisotopic (exact) mass is 421 g/mol. The Morgan fingerprint density at radius 1 is 1.03 bits per heavy atom. The quantitative estimate of drug-likeness (QED) is 0.709. The average molecular weight is 422 g/mol. The Hall–Kier alpha value is -2.11. The van der Waals surface area contributed by atoms with Crippen molar-refractivity contribution in [2.75, 3.05) is 19.7 Å². The lowest BCUT2D eigenvalue weighted by atomic mass is 9.79. The van der Waals surface area contributed by atoms with Gasteiger partial charge in [0.1, 0.15) is 11.6 Å². The summed E-state index contributed by atoms with van der Waals surface area (Å²) >= 11 is 0. The highest BCUT2D eigenvalue weighted by atomic mass is 19.1. The normalized spacial score (nSPS) is 15.9. The van der Waals surface area contributed by atoms with E-state index in [0.717, 1.165) is 29.7 Å². The third-order valence-electron chi connectivity index (χ3n) is 5.65. The summed E-state index contributed by atoms with van der Waals surface area (Å²) in [5.41, 5.74) is 1.23. The summed E-state index contributed by atoms with van der Waals surface area (Å²) in [7, 11) is 0. The molecule has 2 rings (SSSR count). The number of benzene rings is 1. The smallest absolute Gasteiger partial charge is 0.303 e. The minimum Gasteiger partial charge on any atom is -0.493 e. The van der Waals surface area contributed by atoms with Gasteiger partial charge in [-0.15, -0.1) is 0 Å². The zero-order valence-corrected chi connectivity index (χ0v) is 19.2. The van der Waals surface area contributed by atoms with Gasteiger partial charge in [0.25, 0.3) is 0 Å². The molecule has 0 aliphatic carbocycles. The van der Waals surface area contributed by atoms with Crippen LogP contribution in [0, 0.1) is 11.7 Å². The van der Waals surface area contributed by atoms with Crippen molar-refractivity contribution in [3.05, 3.63) is 29.1 Å². The van der Waals surface area contributed by atoms with Gasteiger partial charge in [-0.2, -0.15) is 0 Å². The lowest BCUT2D eigenvalue weighted by Gasteiger charge is -2.34. The summed E-state index contributed by atoms with van der Waals surface area (Å²) in [6.45, 7) is 14.1. The Labute approximate surface area is 179 Å². The van der Waals surface area contributed by atoms with Crippen LogP contribution in [0.5, 0.6) is 5.75 Å². The molecule has 5 nitrogen and oxygen atoms in total. The minimum absolute atomic E-state index is 0.0516. The fourth-order valence-electron chi connectivity index (χ4n) is 3.79. The molecule has 0 radical (unpaired) electrons. The number of likely N-dealkylation sites (tertiary alicyclic amines) is 1. The second kappa shape index (κ2) is 9.36. The van der Waals surface area contributed by atoms with Gasteiger partial charge in [0.2, 0.25) is 5.91 Å². The predicted molar refractivity (Wildman–Crippen MR) is 115 cm³/mol. The van der Waals surface area contributed by atoms with Crippen molar-refractivity contribution in [2.45, 2.75) is 78.1 Å². The zero-order chi connectivity index (χ0) is 22.7. The molecule has 1 aromatic rings. The molecule has 0 bridgehead atoms. The molecule has 6 heteroatoms. The van der Waals surface area contributed by atoms with E-state index in [9.17, 15) is 14.0 Å². The molecule has 0 atom stereocenters. The third-order valence-corrected chi connectivity index (χ3v) is 5.65. The van der Waals surface area contributed by atoms with E-state index in [2.05, 4.69) is 41.5 Å². The van der Waals surface area contributed by atoms with Gasteiger partial charge >= 0.3 is 5.97 Å². The Balaban J connectivity index is 2.08. The average Bonchev–Trinajstić information content (AvgIpc) is 2.63. The maximum Gasteiger partial charge on any atom is 0.303 e. The molecule has 1 aliphatic rings. The lowest BCUT2D eigenvalue weighted by Crippen LogP contribution is -2.39.